The Labute approximate surface area is 80.8 Å². The molecule has 0 spiro atoms. The van der Waals surface area contributed by atoms with Gasteiger partial charge < -0.3 is 14.8 Å². The van der Waals surface area contributed by atoms with Crippen molar-refractivity contribution in [2.24, 2.45) is 0 Å². The molecule has 3 heteroatoms. The van der Waals surface area contributed by atoms with Gasteiger partial charge in [0.25, 0.3) is 0 Å². The van der Waals surface area contributed by atoms with E-state index in [1.54, 1.807) is 0 Å². The van der Waals surface area contributed by atoms with Gasteiger partial charge in [-0.2, -0.15) is 0 Å². The van der Waals surface area contributed by atoms with Gasteiger partial charge in [-0.05, 0) is 26.7 Å². The summed E-state index contributed by atoms with van der Waals surface area (Å²) >= 11 is 0. The van der Waals surface area contributed by atoms with Crippen LogP contribution < -0.4 is 5.32 Å². The van der Waals surface area contributed by atoms with Crippen LogP contribution in [-0.4, -0.2) is 38.5 Å². The lowest BCUT2D eigenvalue weighted by atomic mass is 10.4. The SMILES string of the molecule is CCOCC(C)OCCNC1CC1. The Bertz CT molecular complexity index is 126. The van der Waals surface area contributed by atoms with Crippen molar-refractivity contribution in [3.05, 3.63) is 0 Å². The molecule has 1 rings (SSSR count). The second-order valence-electron chi connectivity index (χ2n) is 3.57. The van der Waals surface area contributed by atoms with E-state index >= 15 is 0 Å². The normalized spacial score (nSPS) is 18.9. The third kappa shape index (κ3) is 6.02. The fourth-order valence-electron chi connectivity index (χ4n) is 1.14. The van der Waals surface area contributed by atoms with Crippen molar-refractivity contribution in [3.8, 4) is 0 Å². The molecule has 1 aliphatic rings. The maximum Gasteiger partial charge on any atom is 0.0781 e. The molecule has 0 aromatic heterocycles. The molecule has 0 amide bonds. The quantitative estimate of drug-likeness (QED) is 0.579. The lowest BCUT2D eigenvalue weighted by Gasteiger charge is -2.12. The number of hydrogen-bond acceptors (Lipinski definition) is 3. The molecule has 3 nitrogen and oxygen atoms in total. The minimum atomic E-state index is 0.223. The van der Waals surface area contributed by atoms with Crippen molar-refractivity contribution in [2.45, 2.75) is 38.8 Å². The molecular weight excluding hydrogens is 166 g/mol. The van der Waals surface area contributed by atoms with E-state index in [9.17, 15) is 0 Å². The minimum absolute atomic E-state index is 0.223. The summed E-state index contributed by atoms with van der Waals surface area (Å²) in [4.78, 5) is 0. The fourth-order valence-corrected chi connectivity index (χ4v) is 1.14. The molecule has 0 aromatic carbocycles. The number of ether oxygens (including phenoxy) is 2. The van der Waals surface area contributed by atoms with Gasteiger partial charge in [-0.3, -0.25) is 0 Å². The van der Waals surface area contributed by atoms with E-state index in [4.69, 9.17) is 9.47 Å². The first-order valence-corrected chi connectivity index (χ1v) is 5.25. The Hall–Kier alpha value is -0.120. The maximum atomic E-state index is 5.53. The molecule has 1 N–H and O–H groups in total. The number of hydrogen-bond donors (Lipinski definition) is 1. The molecule has 1 saturated carbocycles. The molecule has 0 heterocycles. The standard InChI is InChI=1S/C10H21NO2/c1-3-12-8-9(2)13-7-6-11-10-4-5-10/h9-11H,3-8H2,1-2H3. The van der Waals surface area contributed by atoms with Crippen LogP contribution >= 0.6 is 0 Å². The minimum Gasteiger partial charge on any atom is -0.379 e. The summed E-state index contributed by atoms with van der Waals surface area (Å²) in [5.74, 6) is 0. The lowest BCUT2D eigenvalue weighted by Crippen LogP contribution is -2.25. The molecule has 0 radical (unpaired) electrons. The van der Waals surface area contributed by atoms with Crippen LogP contribution in [0.5, 0.6) is 0 Å². The molecule has 0 aromatic rings. The van der Waals surface area contributed by atoms with Gasteiger partial charge in [0.1, 0.15) is 0 Å². The second-order valence-corrected chi connectivity index (χ2v) is 3.57. The molecule has 0 bridgehead atoms. The van der Waals surface area contributed by atoms with Crippen LogP contribution in [0.1, 0.15) is 26.7 Å². The third-order valence-corrected chi connectivity index (χ3v) is 2.07. The average Bonchev–Trinajstić information content (AvgIpc) is 2.92. The summed E-state index contributed by atoms with van der Waals surface area (Å²) in [5, 5.41) is 3.40. The second kappa shape index (κ2) is 6.35. The van der Waals surface area contributed by atoms with Gasteiger partial charge in [0, 0.05) is 19.2 Å². The van der Waals surface area contributed by atoms with Gasteiger partial charge in [-0.25, -0.2) is 0 Å². The van der Waals surface area contributed by atoms with Crippen LogP contribution in [0.3, 0.4) is 0 Å². The van der Waals surface area contributed by atoms with Crippen LogP contribution in [-0.2, 0) is 9.47 Å². The summed E-state index contributed by atoms with van der Waals surface area (Å²) in [6, 6.07) is 0.783. The molecule has 0 saturated heterocycles. The monoisotopic (exact) mass is 187 g/mol. The van der Waals surface area contributed by atoms with Crippen molar-refractivity contribution >= 4 is 0 Å². The zero-order valence-corrected chi connectivity index (χ0v) is 8.71. The number of rotatable bonds is 8. The van der Waals surface area contributed by atoms with Gasteiger partial charge >= 0.3 is 0 Å². The van der Waals surface area contributed by atoms with Gasteiger partial charge in [0.05, 0.1) is 19.3 Å². The summed E-state index contributed by atoms with van der Waals surface area (Å²) in [5.41, 5.74) is 0. The Morgan fingerprint density at radius 2 is 2.23 bits per heavy atom. The number of nitrogens with one attached hydrogen (secondary N) is 1. The molecule has 1 unspecified atom stereocenters. The smallest absolute Gasteiger partial charge is 0.0781 e. The molecule has 13 heavy (non-hydrogen) atoms. The summed E-state index contributed by atoms with van der Waals surface area (Å²) in [6.45, 7) is 7.30. The third-order valence-electron chi connectivity index (χ3n) is 2.07. The highest BCUT2D eigenvalue weighted by Crippen LogP contribution is 2.17. The average molecular weight is 187 g/mol. The highest BCUT2D eigenvalue weighted by molar-refractivity contribution is 4.80. The predicted molar refractivity (Wildman–Crippen MR) is 52.9 cm³/mol. The van der Waals surface area contributed by atoms with Crippen molar-refractivity contribution in [2.75, 3.05) is 26.4 Å². The zero-order valence-electron chi connectivity index (χ0n) is 8.71. The fraction of sp³-hybridized carbons (Fsp3) is 1.00. The van der Waals surface area contributed by atoms with Crippen molar-refractivity contribution in [1.29, 1.82) is 0 Å². The highest BCUT2D eigenvalue weighted by atomic mass is 16.5. The lowest BCUT2D eigenvalue weighted by molar-refractivity contribution is -0.00195. The van der Waals surface area contributed by atoms with Gasteiger partial charge in [-0.1, -0.05) is 0 Å². The molecule has 1 fully saturated rings. The topological polar surface area (TPSA) is 30.5 Å². The van der Waals surface area contributed by atoms with Crippen LogP contribution in [0, 0.1) is 0 Å². The molecular formula is C10H21NO2. The van der Waals surface area contributed by atoms with E-state index in [2.05, 4.69) is 5.32 Å². The van der Waals surface area contributed by atoms with Crippen molar-refractivity contribution in [3.63, 3.8) is 0 Å². The Kier molecular flexibility index (Phi) is 5.35. The molecule has 0 aliphatic heterocycles. The van der Waals surface area contributed by atoms with Gasteiger partial charge in [0.2, 0.25) is 0 Å². The van der Waals surface area contributed by atoms with Crippen LogP contribution in [0.4, 0.5) is 0 Å². The Balaban J connectivity index is 1.79. The van der Waals surface area contributed by atoms with Crippen molar-refractivity contribution in [1.82, 2.24) is 5.32 Å². The first-order chi connectivity index (χ1) is 6.33. The first-order valence-electron chi connectivity index (χ1n) is 5.25. The molecule has 1 aliphatic carbocycles. The van der Waals surface area contributed by atoms with Gasteiger partial charge in [0.15, 0.2) is 0 Å². The van der Waals surface area contributed by atoms with E-state index in [0.29, 0.717) is 6.61 Å². The van der Waals surface area contributed by atoms with E-state index in [-0.39, 0.29) is 6.10 Å². The molecule has 1 atom stereocenters. The van der Waals surface area contributed by atoms with Gasteiger partial charge in [-0.15, -0.1) is 0 Å². The largest absolute Gasteiger partial charge is 0.379 e. The van der Waals surface area contributed by atoms with Crippen LogP contribution in [0.2, 0.25) is 0 Å². The predicted octanol–water partition coefficient (Wildman–Crippen LogP) is 1.18. The van der Waals surface area contributed by atoms with Crippen molar-refractivity contribution < 1.29 is 9.47 Å². The van der Waals surface area contributed by atoms with E-state index in [1.165, 1.54) is 12.8 Å². The Morgan fingerprint density at radius 3 is 2.85 bits per heavy atom. The van der Waals surface area contributed by atoms with E-state index in [0.717, 1.165) is 25.8 Å². The summed E-state index contributed by atoms with van der Waals surface area (Å²) in [7, 11) is 0. The highest BCUT2D eigenvalue weighted by Gasteiger charge is 2.19. The van der Waals surface area contributed by atoms with E-state index in [1.807, 2.05) is 13.8 Å². The summed E-state index contributed by atoms with van der Waals surface area (Å²) in [6.07, 6.45) is 2.91. The van der Waals surface area contributed by atoms with Crippen LogP contribution in [0.15, 0.2) is 0 Å². The first kappa shape index (κ1) is 11.0. The van der Waals surface area contributed by atoms with Crippen LogP contribution in [0.25, 0.3) is 0 Å². The maximum absolute atomic E-state index is 5.53. The summed E-state index contributed by atoms with van der Waals surface area (Å²) < 4.78 is 10.8. The Morgan fingerprint density at radius 1 is 1.46 bits per heavy atom. The zero-order chi connectivity index (χ0) is 9.52. The molecule has 78 valence electrons. The van der Waals surface area contributed by atoms with E-state index < -0.39 is 0 Å².